The zero-order chi connectivity index (χ0) is 19.9. The Morgan fingerprint density at radius 3 is 1.56 bits per heavy atom. The molecule has 0 aliphatic carbocycles. The minimum absolute atomic E-state index is 0.231. The van der Waals surface area contributed by atoms with Crippen molar-refractivity contribution in [3.8, 4) is 11.5 Å². The molecule has 0 radical (unpaired) electrons. The second-order valence-corrected chi connectivity index (χ2v) is 7.52. The van der Waals surface area contributed by atoms with Crippen molar-refractivity contribution in [1.29, 1.82) is 0 Å². The Balaban J connectivity index is 2.25. The highest BCUT2D eigenvalue weighted by atomic mass is 32.2. The minimum Gasteiger partial charge on any atom is -0.494 e. The molecular formula is C18H16N2O6S. The number of aliphatic imine (C=N–C) groups is 2. The summed E-state index contributed by atoms with van der Waals surface area (Å²) < 4.78 is 35.3. The third kappa shape index (κ3) is 5.36. The predicted molar refractivity (Wildman–Crippen MR) is 97.9 cm³/mol. The van der Waals surface area contributed by atoms with Crippen LogP contribution < -0.4 is 9.47 Å². The van der Waals surface area contributed by atoms with E-state index in [9.17, 15) is 18.0 Å². The molecule has 0 fully saturated rings. The largest absolute Gasteiger partial charge is 0.494 e. The number of benzene rings is 2. The van der Waals surface area contributed by atoms with Gasteiger partial charge in [0.1, 0.15) is 22.9 Å². The van der Waals surface area contributed by atoms with Gasteiger partial charge in [0.25, 0.3) is 0 Å². The van der Waals surface area contributed by atoms with E-state index in [1.54, 1.807) is 12.1 Å². The average molecular weight is 388 g/mol. The Labute approximate surface area is 156 Å². The van der Waals surface area contributed by atoms with Gasteiger partial charge in [-0.3, -0.25) is 0 Å². The number of nitrogens with zero attached hydrogens (tertiary/aromatic N) is 2. The Morgan fingerprint density at radius 2 is 1.22 bits per heavy atom. The molecule has 0 bridgehead atoms. The minimum atomic E-state index is -3.51. The van der Waals surface area contributed by atoms with E-state index < -0.39 is 9.84 Å². The summed E-state index contributed by atoms with van der Waals surface area (Å²) in [6, 6.07) is 9.11. The summed E-state index contributed by atoms with van der Waals surface area (Å²) in [5, 5.41) is 0. The lowest BCUT2D eigenvalue weighted by Crippen LogP contribution is -2.08. The predicted octanol–water partition coefficient (Wildman–Crippen LogP) is 2.75. The highest BCUT2D eigenvalue weighted by Gasteiger charge is 2.16. The summed E-state index contributed by atoms with van der Waals surface area (Å²) in [6.07, 6.45) is 2.83. The number of ether oxygens (including phenoxy) is 2. The van der Waals surface area contributed by atoms with Crippen molar-refractivity contribution in [3.63, 3.8) is 0 Å². The molecule has 9 heteroatoms. The number of rotatable bonds is 8. The lowest BCUT2D eigenvalue weighted by Gasteiger charge is -2.09. The first kappa shape index (κ1) is 20.1. The summed E-state index contributed by atoms with van der Waals surface area (Å²) in [5.74, 6) is 0.100. The normalized spacial score (nSPS) is 10.4. The SMILES string of the molecule is COc1cc(CS(=O)(=O)Cc2ccc(N=C=O)c(OC)c2)ccc1N=C=O. The van der Waals surface area contributed by atoms with Crippen LogP contribution in [-0.4, -0.2) is 34.8 Å². The maximum atomic E-state index is 12.5. The fraction of sp³-hybridized carbons (Fsp3) is 0.222. The van der Waals surface area contributed by atoms with Gasteiger partial charge in [-0.15, -0.1) is 0 Å². The first-order valence-electron chi connectivity index (χ1n) is 7.62. The van der Waals surface area contributed by atoms with Crippen LogP contribution in [0.4, 0.5) is 11.4 Å². The molecule has 0 heterocycles. The molecule has 8 nitrogen and oxygen atoms in total. The van der Waals surface area contributed by atoms with Crippen LogP contribution in [-0.2, 0) is 30.9 Å². The van der Waals surface area contributed by atoms with Crippen LogP contribution in [0.5, 0.6) is 11.5 Å². The van der Waals surface area contributed by atoms with Gasteiger partial charge >= 0.3 is 0 Å². The van der Waals surface area contributed by atoms with Gasteiger partial charge in [0.05, 0.1) is 25.7 Å². The smallest absolute Gasteiger partial charge is 0.240 e. The molecule has 2 aromatic rings. The van der Waals surface area contributed by atoms with Gasteiger partial charge in [-0.2, -0.15) is 9.98 Å². The highest BCUT2D eigenvalue weighted by molar-refractivity contribution is 7.89. The summed E-state index contributed by atoms with van der Waals surface area (Å²) in [5.41, 5.74) is 1.52. The van der Waals surface area contributed by atoms with Crippen LogP contribution in [0.15, 0.2) is 46.4 Å². The van der Waals surface area contributed by atoms with E-state index in [1.807, 2.05) is 0 Å². The lowest BCUT2D eigenvalue weighted by atomic mass is 10.2. The topological polar surface area (TPSA) is 111 Å². The van der Waals surface area contributed by atoms with Crippen molar-refractivity contribution in [1.82, 2.24) is 0 Å². The van der Waals surface area contributed by atoms with Crippen LogP contribution >= 0.6 is 0 Å². The second-order valence-electron chi connectivity index (χ2n) is 5.45. The highest BCUT2D eigenvalue weighted by Crippen LogP contribution is 2.30. The first-order valence-corrected chi connectivity index (χ1v) is 9.44. The fourth-order valence-electron chi connectivity index (χ4n) is 2.47. The van der Waals surface area contributed by atoms with Crippen molar-refractivity contribution in [2.24, 2.45) is 9.98 Å². The Hall–Kier alpha value is -3.25. The molecule has 0 aliphatic rings. The van der Waals surface area contributed by atoms with Crippen LogP contribution in [0.3, 0.4) is 0 Å². The van der Waals surface area contributed by atoms with Crippen molar-refractivity contribution in [3.05, 3.63) is 47.5 Å². The van der Waals surface area contributed by atoms with Gasteiger partial charge in [-0.05, 0) is 35.4 Å². The molecule has 0 spiro atoms. The monoisotopic (exact) mass is 388 g/mol. The maximum absolute atomic E-state index is 12.5. The summed E-state index contributed by atoms with van der Waals surface area (Å²) >= 11 is 0. The van der Waals surface area contributed by atoms with E-state index in [0.29, 0.717) is 11.1 Å². The summed E-state index contributed by atoms with van der Waals surface area (Å²) in [7, 11) is -0.723. The third-order valence-electron chi connectivity index (χ3n) is 3.59. The third-order valence-corrected chi connectivity index (χ3v) is 5.14. The fourth-order valence-corrected chi connectivity index (χ4v) is 3.94. The van der Waals surface area contributed by atoms with Gasteiger partial charge in [0.2, 0.25) is 12.2 Å². The van der Waals surface area contributed by atoms with Crippen molar-refractivity contribution >= 4 is 33.4 Å². The number of hydrogen-bond acceptors (Lipinski definition) is 8. The molecule has 0 saturated heterocycles. The van der Waals surface area contributed by atoms with E-state index >= 15 is 0 Å². The van der Waals surface area contributed by atoms with Crippen LogP contribution in [0.1, 0.15) is 11.1 Å². The number of methoxy groups -OCH3 is 2. The number of isocyanates is 2. The average Bonchev–Trinajstić information content (AvgIpc) is 2.64. The van der Waals surface area contributed by atoms with E-state index in [2.05, 4.69) is 9.98 Å². The first-order chi connectivity index (χ1) is 12.9. The molecule has 0 saturated carbocycles. The van der Waals surface area contributed by atoms with Crippen LogP contribution in [0.2, 0.25) is 0 Å². The van der Waals surface area contributed by atoms with Crippen LogP contribution in [0, 0.1) is 0 Å². The lowest BCUT2D eigenvalue weighted by molar-refractivity contribution is 0.415. The summed E-state index contributed by atoms with van der Waals surface area (Å²) in [6.45, 7) is 0. The van der Waals surface area contributed by atoms with Gasteiger partial charge in [0, 0.05) is 0 Å². The molecule has 0 amide bonds. The van der Waals surface area contributed by atoms with Gasteiger partial charge in [-0.1, -0.05) is 12.1 Å². The standard InChI is InChI=1S/C18H16N2O6S/c1-25-17-7-13(3-5-15(17)19-11-21)9-27(23,24)10-14-4-6-16(20-12-22)18(8-14)26-2/h3-8H,9-10H2,1-2H3. The maximum Gasteiger partial charge on any atom is 0.240 e. The Morgan fingerprint density at radius 1 is 0.815 bits per heavy atom. The van der Waals surface area contributed by atoms with Crippen LogP contribution in [0.25, 0.3) is 0 Å². The molecular weight excluding hydrogens is 372 g/mol. The van der Waals surface area contributed by atoms with Gasteiger partial charge in [0.15, 0.2) is 9.84 Å². The molecule has 0 N–H and O–H groups in total. The molecule has 27 heavy (non-hydrogen) atoms. The van der Waals surface area contributed by atoms with E-state index in [1.165, 1.54) is 50.6 Å². The Kier molecular flexibility index (Phi) is 6.62. The summed E-state index contributed by atoms with van der Waals surface area (Å²) in [4.78, 5) is 27.8. The molecule has 0 aromatic heterocycles. The van der Waals surface area contributed by atoms with Crippen molar-refractivity contribution in [2.75, 3.05) is 14.2 Å². The van der Waals surface area contributed by atoms with E-state index in [0.717, 1.165) is 0 Å². The second kappa shape index (κ2) is 8.91. The molecule has 140 valence electrons. The van der Waals surface area contributed by atoms with E-state index in [-0.39, 0.29) is 34.4 Å². The Bertz CT molecular complexity index is 958. The quantitative estimate of drug-likeness (QED) is 0.508. The van der Waals surface area contributed by atoms with Gasteiger partial charge in [-0.25, -0.2) is 18.0 Å². The molecule has 2 rings (SSSR count). The van der Waals surface area contributed by atoms with E-state index in [4.69, 9.17) is 9.47 Å². The molecule has 2 aromatic carbocycles. The number of carbonyl (C=O) groups excluding carboxylic acids is 2. The molecule has 0 atom stereocenters. The zero-order valence-electron chi connectivity index (χ0n) is 14.6. The molecule has 0 unspecified atom stereocenters. The van der Waals surface area contributed by atoms with Gasteiger partial charge < -0.3 is 9.47 Å². The number of sulfone groups is 1. The van der Waals surface area contributed by atoms with Crippen molar-refractivity contribution < 1.29 is 27.5 Å². The zero-order valence-corrected chi connectivity index (χ0v) is 15.4. The molecule has 0 aliphatic heterocycles. The van der Waals surface area contributed by atoms with Crippen molar-refractivity contribution in [2.45, 2.75) is 11.5 Å². The number of hydrogen-bond donors (Lipinski definition) is 0.